The topological polar surface area (TPSA) is 98.6 Å². The molecule has 1 aromatic carbocycles. The van der Waals surface area contributed by atoms with E-state index in [0.29, 0.717) is 22.9 Å². The summed E-state index contributed by atoms with van der Waals surface area (Å²) in [5.74, 6) is 0.172. The Balaban J connectivity index is 1.68. The Morgan fingerprint density at radius 2 is 1.97 bits per heavy atom. The molecule has 2 aromatic heterocycles. The van der Waals surface area contributed by atoms with E-state index in [1.165, 1.54) is 11.5 Å². The van der Waals surface area contributed by atoms with Crippen molar-refractivity contribution in [1.82, 2.24) is 14.6 Å². The van der Waals surface area contributed by atoms with Crippen LogP contribution in [0.15, 0.2) is 53.7 Å². The Morgan fingerprint density at radius 3 is 2.67 bits per heavy atom. The van der Waals surface area contributed by atoms with Gasteiger partial charge in [0, 0.05) is 5.56 Å². The SMILES string of the molecule is Cc1snnc1/C(=N/OCc1cccc(NC(=O)COC(C)C)n1)c1ccccc1. The number of aromatic nitrogens is 3. The van der Waals surface area contributed by atoms with Gasteiger partial charge in [0.15, 0.2) is 6.61 Å². The number of carbonyl (C=O) groups is 1. The van der Waals surface area contributed by atoms with Crippen molar-refractivity contribution >= 4 is 29.0 Å². The molecule has 156 valence electrons. The molecule has 3 rings (SSSR count). The van der Waals surface area contributed by atoms with Crippen LogP contribution in [-0.4, -0.2) is 38.9 Å². The number of aryl methyl sites for hydroxylation is 1. The van der Waals surface area contributed by atoms with Gasteiger partial charge in [-0.05, 0) is 44.4 Å². The lowest BCUT2D eigenvalue weighted by Gasteiger charge is -2.09. The number of ether oxygens (including phenoxy) is 1. The van der Waals surface area contributed by atoms with E-state index in [4.69, 9.17) is 9.57 Å². The van der Waals surface area contributed by atoms with E-state index in [-0.39, 0.29) is 25.2 Å². The molecule has 0 fully saturated rings. The summed E-state index contributed by atoms with van der Waals surface area (Å²) in [6, 6.07) is 15.0. The number of carbonyl (C=O) groups excluding carboxylic acids is 1. The molecule has 0 bridgehead atoms. The van der Waals surface area contributed by atoms with Crippen molar-refractivity contribution in [2.24, 2.45) is 5.16 Å². The monoisotopic (exact) mass is 425 g/mol. The number of pyridine rings is 1. The first-order chi connectivity index (χ1) is 14.5. The summed E-state index contributed by atoms with van der Waals surface area (Å²) < 4.78 is 9.28. The minimum atomic E-state index is -0.259. The molecule has 0 spiro atoms. The third-order valence-corrected chi connectivity index (χ3v) is 4.54. The summed E-state index contributed by atoms with van der Waals surface area (Å²) >= 11 is 1.31. The Kier molecular flexibility index (Phi) is 7.58. The van der Waals surface area contributed by atoms with Crippen LogP contribution >= 0.6 is 11.5 Å². The highest BCUT2D eigenvalue weighted by molar-refractivity contribution is 7.05. The summed E-state index contributed by atoms with van der Waals surface area (Å²) in [4.78, 5) is 22.8. The maximum Gasteiger partial charge on any atom is 0.251 e. The molecular weight excluding hydrogens is 402 g/mol. The second kappa shape index (κ2) is 10.6. The van der Waals surface area contributed by atoms with Crippen LogP contribution in [-0.2, 0) is 21.0 Å². The third-order valence-electron chi connectivity index (χ3n) is 3.91. The summed E-state index contributed by atoms with van der Waals surface area (Å²) in [5.41, 5.74) is 2.80. The van der Waals surface area contributed by atoms with Crippen LogP contribution in [0.2, 0.25) is 0 Å². The van der Waals surface area contributed by atoms with Gasteiger partial charge in [0.1, 0.15) is 23.8 Å². The Labute approximate surface area is 179 Å². The molecule has 0 atom stereocenters. The molecule has 0 saturated heterocycles. The van der Waals surface area contributed by atoms with Crippen molar-refractivity contribution in [2.45, 2.75) is 33.5 Å². The molecule has 0 radical (unpaired) electrons. The van der Waals surface area contributed by atoms with Crippen molar-refractivity contribution in [3.63, 3.8) is 0 Å². The smallest absolute Gasteiger partial charge is 0.251 e. The Bertz CT molecular complexity index is 1000. The molecule has 2 heterocycles. The zero-order chi connectivity index (χ0) is 21.3. The summed E-state index contributed by atoms with van der Waals surface area (Å²) in [7, 11) is 0. The Morgan fingerprint density at radius 1 is 1.17 bits per heavy atom. The maximum absolute atomic E-state index is 11.9. The first-order valence-electron chi connectivity index (χ1n) is 9.45. The van der Waals surface area contributed by atoms with Crippen molar-refractivity contribution in [3.8, 4) is 0 Å². The lowest BCUT2D eigenvalue weighted by Crippen LogP contribution is -2.21. The maximum atomic E-state index is 11.9. The van der Waals surface area contributed by atoms with E-state index in [9.17, 15) is 4.79 Å². The Hall–Kier alpha value is -3.17. The van der Waals surface area contributed by atoms with Crippen molar-refractivity contribution in [1.29, 1.82) is 0 Å². The number of amides is 1. The van der Waals surface area contributed by atoms with Crippen LogP contribution in [0.4, 0.5) is 5.82 Å². The number of hydrogen-bond donors (Lipinski definition) is 1. The molecule has 30 heavy (non-hydrogen) atoms. The van der Waals surface area contributed by atoms with Crippen molar-refractivity contribution in [3.05, 3.63) is 70.4 Å². The number of rotatable bonds is 9. The van der Waals surface area contributed by atoms with Gasteiger partial charge in [-0.2, -0.15) is 0 Å². The summed E-state index contributed by atoms with van der Waals surface area (Å²) in [6.07, 6.45) is -0.0170. The number of oxime groups is 1. The van der Waals surface area contributed by atoms with Gasteiger partial charge < -0.3 is 14.9 Å². The van der Waals surface area contributed by atoms with Gasteiger partial charge in [-0.25, -0.2) is 4.98 Å². The highest BCUT2D eigenvalue weighted by atomic mass is 32.1. The van der Waals surface area contributed by atoms with E-state index in [2.05, 4.69) is 25.0 Å². The molecule has 0 unspecified atom stereocenters. The van der Waals surface area contributed by atoms with E-state index < -0.39 is 0 Å². The van der Waals surface area contributed by atoms with Crippen molar-refractivity contribution in [2.75, 3.05) is 11.9 Å². The van der Waals surface area contributed by atoms with Gasteiger partial charge in [0.25, 0.3) is 5.91 Å². The fourth-order valence-corrected chi connectivity index (χ4v) is 2.96. The number of nitrogens with zero attached hydrogens (tertiary/aromatic N) is 4. The molecule has 0 aliphatic carbocycles. The molecule has 3 aromatic rings. The van der Waals surface area contributed by atoms with E-state index in [1.54, 1.807) is 18.2 Å². The number of benzene rings is 1. The van der Waals surface area contributed by atoms with E-state index in [0.717, 1.165) is 10.4 Å². The molecule has 0 aliphatic rings. The third kappa shape index (κ3) is 6.16. The molecule has 0 aliphatic heterocycles. The zero-order valence-electron chi connectivity index (χ0n) is 17.0. The normalized spacial score (nSPS) is 11.5. The highest BCUT2D eigenvalue weighted by Gasteiger charge is 2.15. The number of hydrogen-bond acceptors (Lipinski definition) is 8. The van der Waals surface area contributed by atoms with Crippen LogP contribution in [0.25, 0.3) is 0 Å². The number of anilines is 1. The van der Waals surface area contributed by atoms with Gasteiger partial charge in [0.2, 0.25) is 0 Å². The molecule has 8 nitrogen and oxygen atoms in total. The van der Waals surface area contributed by atoms with Gasteiger partial charge in [-0.15, -0.1) is 5.10 Å². The molecule has 1 N–H and O–H groups in total. The first-order valence-corrected chi connectivity index (χ1v) is 10.2. The second-order valence-electron chi connectivity index (χ2n) is 6.68. The van der Waals surface area contributed by atoms with Crippen LogP contribution < -0.4 is 5.32 Å². The molecule has 1 amide bonds. The largest absolute Gasteiger partial charge is 0.389 e. The molecular formula is C21H23N5O3S. The molecule has 0 saturated carbocycles. The van der Waals surface area contributed by atoms with Gasteiger partial charge >= 0.3 is 0 Å². The predicted molar refractivity (Wildman–Crippen MR) is 115 cm³/mol. The van der Waals surface area contributed by atoms with E-state index in [1.807, 2.05) is 51.1 Å². The average molecular weight is 426 g/mol. The quantitative estimate of drug-likeness (QED) is 0.416. The van der Waals surface area contributed by atoms with Gasteiger partial charge in [-0.3, -0.25) is 4.79 Å². The predicted octanol–water partition coefficient (Wildman–Crippen LogP) is 3.57. The summed E-state index contributed by atoms with van der Waals surface area (Å²) in [5, 5.41) is 11.2. The average Bonchev–Trinajstić information content (AvgIpc) is 3.16. The standard InChI is InChI=1S/C21H23N5O3S/c1-14(2)28-13-19(27)23-18-11-7-10-17(22-18)12-29-25-21(16-8-5-4-6-9-16)20-15(3)30-26-24-20/h4-11,14H,12-13H2,1-3H3,(H,22,23,27)/b25-21+. The van der Waals surface area contributed by atoms with Crippen LogP contribution in [0.1, 0.15) is 35.7 Å². The lowest BCUT2D eigenvalue weighted by molar-refractivity contribution is -0.121. The second-order valence-corrected chi connectivity index (χ2v) is 7.64. The minimum Gasteiger partial charge on any atom is -0.389 e. The fraction of sp³-hybridized carbons (Fsp3) is 0.286. The van der Waals surface area contributed by atoms with Gasteiger partial charge in [0.05, 0.1) is 16.7 Å². The minimum absolute atomic E-state index is 0.0170. The molecule has 9 heteroatoms. The fourth-order valence-electron chi connectivity index (χ4n) is 2.49. The highest BCUT2D eigenvalue weighted by Crippen LogP contribution is 2.16. The zero-order valence-corrected chi connectivity index (χ0v) is 17.8. The van der Waals surface area contributed by atoms with Crippen LogP contribution in [0.5, 0.6) is 0 Å². The lowest BCUT2D eigenvalue weighted by atomic mass is 10.1. The first kappa shape index (κ1) is 21.5. The van der Waals surface area contributed by atoms with E-state index >= 15 is 0 Å². The van der Waals surface area contributed by atoms with Crippen molar-refractivity contribution < 1.29 is 14.4 Å². The van der Waals surface area contributed by atoms with Crippen LogP contribution in [0, 0.1) is 6.92 Å². The number of nitrogens with one attached hydrogen (secondary N) is 1. The van der Waals surface area contributed by atoms with Crippen LogP contribution in [0.3, 0.4) is 0 Å². The van der Waals surface area contributed by atoms with Gasteiger partial charge in [-0.1, -0.05) is 46.0 Å². The summed E-state index contributed by atoms with van der Waals surface area (Å²) in [6.45, 7) is 5.80.